The van der Waals surface area contributed by atoms with Crippen molar-refractivity contribution in [1.82, 2.24) is 9.88 Å². The second kappa shape index (κ2) is 8.94. The first-order valence-electron chi connectivity index (χ1n) is 11.8. The number of likely N-dealkylation sites (tertiary alicyclic amines) is 1. The molecule has 0 amide bonds. The Balaban J connectivity index is 1.41. The van der Waals surface area contributed by atoms with Gasteiger partial charge in [0, 0.05) is 37.5 Å². The van der Waals surface area contributed by atoms with E-state index in [4.69, 9.17) is 0 Å². The van der Waals surface area contributed by atoms with Crippen LogP contribution in [-0.4, -0.2) is 44.6 Å². The van der Waals surface area contributed by atoms with E-state index in [9.17, 15) is 19.4 Å². The van der Waals surface area contributed by atoms with E-state index in [2.05, 4.69) is 20.5 Å². The van der Waals surface area contributed by atoms with Crippen molar-refractivity contribution < 1.29 is 19.4 Å². The number of phenols is 1. The van der Waals surface area contributed by atoms with E-state index in [0.717, 1.165) is 36.2 Å². The third-order valence-corrected chi connectivity index (χ3v) is 6.72. The van der Waals surface area contributed by atoms with Crippen LogP contribution < -0.4 is 10.6 Å². The van der Waals surface area contributed by atoms with Crippen molar-refractivity contribution in [2.45, 2.75) is 45.3 Å². The number of carbonyl (C=O) groups excluding carboxylic acids is 1. The maximum atomic E-state index is 14.5. The number of fused-ring (bicyclic) bond motifs is 2. The maximum absolute atomic E-state index is 14.5. The Labute approximate surface area is 203 Å². The third-order valence-electron chi connectivity index (χ3n) is 6.72. The Bertz CT molecular complexity index is 1310. The molecule has 0 spiro atoms. The van der Waals surface area contributed by atoms with Crippen LogP contribution in [0.3, 0.4) is 0 Å². The number of aliphatic hydroxyl groups is 1. The molecule has 1 unspecified atom stereocenters. The van der Waals surface area contributed by atoms with Gasteiger partial charge in [0.05, 0.1) is 22.5 Å². The number of β-amino-alcohol motifs (C(OH)–C–C–N with tert-alkyl or cyclic N) is 1. The number of halogens is 1. The molecule has 4 N–H and O–H groups in total. The van der Waals surface area contributed by atoms with Gasteiger partial charge in [0.25, 0.3) is 0 Å². The molecule has 7 nitrogen and oxygen atoms in total. The number of aromatic nitrogens is 1. The van der Waals surface area contributed by atoms with E-state index in [1.807, 2.05) is 25.1 Å². The quantitative estimate of drug-likeness (QED) is 0.429. The van der Waals surface area contributed by atoms with Gasteiger partial charge in [-0.15, -0.1) is 0 Å². The molecule has 0 radical (unpaired) electrons. The van der Waals surface area contributed by atoms with Gasteiger partial charge >= 0.3 is 0 Å². The maximum Gasteiger partial charge on any atom is 0.173 e. The Morgan fingerprint density at radius 1 is 1.23 bits per heavy atom. The smallest absolute Gasteiger partial charge is 0.173 e. The van der Waals surface area contributed by atoms with Crippen LogP contribution in [0.2, 0.25) is 0 Å². The van der Waals surface area contributed by atoms with Crippen molar-refractivity contribution in [3.63, 3.8) is 0 Å². The molecule has 3 heterocycles. The highest BCUT2D eigenvalue weighted by atomic mass is 19.1. The van der Waals surface area contributed by atoms with Crippen molar-refractivity contribution in [2.24, 2.45) is 0 Å². The summed E-state index contributed by atoms with van der Waals surface area (Å²) in [6.45, 7) is 5.74. The minimum absolute atomic E-state index is 0.0337. The van der Waals surface area contributed by atoms with E-state index in [1.54, 1.807) is 19.2 Å². The number of aryl methyl sites for hydroxylation is 1. The van der Waals surface area contributed by atoms with Gasteiger partial charge < -0.3 is 20.8 Å². The number of carbonyl (C=O) groups is 1. The Morgan fingerprint density at radius 2 is 2.06 bits per heavy atom. The van der Waals surface area contributed by atoms with E-state index in [1.165, 1.54) is 12.1 Å². The van der Waals surface area contributed by atoms with Crippen molar-refractivity contribution in [2.75, 3.05) is 23.7 Å². The molecule has 8 heteroatoms. The number of aromatic hydroxyl groups is 1. The van der Waals surface area contributed by atoms with Gasteiger partial charge in [-0.05, 0) is 68.1 Å². The zero-order chi connectivity index (χ0) is 24.7. The molecule has 2 aliphatic rings. The lowest BCUT2D eigenvalue weighted by Crippen LogP contribution is -2.45. The molecule has 1 fully saturated rings. The second-order valence-electron chi connectivity index (χ2n) is 9.85. The number of ketones is 1. The van der Waals surface area contributed by atoms with Gasteiger partial charge in [-0.3, -0.25) is 9.69 Å². The number of piperidine rings is 1. The van der Waals surface area contributed by atoms with Gasteiger partial charge in [-0.2, -0.15) is 0 Å². The standard InChI is InChI=1S/C27H29FN4O3/c1-16-10-19(28)22(13-23(16)33)30-21-6-8-29-26-25(21)24(34)12-18-11-17(4-5-20(18)31-26)14-32-9-3-7-27(2,35)15-32/h4-6,8,10-11,13,33,35H,3,7,9,12,14-15H2,1-2H3,(H2,29,30,31). The number of Topliss-reactive ketones (excluding diaryl/α,β-unsaturated/α-hetero) is 1. The Morgan fingerprint density at radius 3 is 2.86 bits per heavy atom. The molecule has 35 heavy (non-hydrogen) atoms. The van der Waals surface area contributed by atoms with Crippen LogP contribution in [0.15, 0.2) is 42.6 Å². The number of nitrogens with one attached hydrogen (secondary N) is 2. The summed E-state index contributed by atoms with van der Waals surface area (Å²) in [5.41, 5.74) is 3.33. The molecule has 1 saturated heterocycles. The molecule has 1 aromatic heterocycles. The summed E-state index contributed by atoms with van der Waals surface area (Å²) >= 11 is 0. The molecular weight excluding hydrogens is 447 g/mol. The van der Waals surface area contributed by atoms with Gasteiger partial charge in [0.1, 0.15) is 17.4 Å². The number of benzene rings is 2. The summed E-state index contributed by atoms with van der Waals surface area (Å²) < 4.78 is 14.5. The summed E-state index contributed by atoms with van der Waals surface area (Å²) in [4.78, 5) is 20.0. The minimum Gasteiger partial charge on any atom is -0.508 e. The molecule has 0 aliphatic carbocycles. The van der Waals surface area contributed by atoms with Crippen molar-refractivity contribution >= 4 is 28.7 Å². The normalized spacial score (nSPS) is 19.9. The van der Waals surface area contributed by atoms with E-state index >= 15 is 0 Å². The van der Waals surface area contributed by atoms with E-state index < -0.39 is 11.4 Å². The number of nitrogens with zero attached hydrogens (tertiary/aromatic N) is 2. The first kappa shape index (κ1) is 23.3. The summed E-state index contributed by atoms with van der Waals surface area (Å²) in [5, 5.41) is 26.7. The largest absolute Gasteiger partial charge is 0.508 e. The van der Waals surface area contributed by atoms with Crippen LogP contribution in [0, 0.1) is 12.7 Å². The number of anilines is 4. The van der Waals surface area contributed by atoms with E-state index in [0.29, 0.717) is 35.7 Å². The first-order valence-corrected chi connectivity index (χ1v) is 11.8. The summed E-state index contributed by atoms with van der Waals surface area (Å²) in [7, 11) is 0. The van der Waals surface area contributed by atoms with E-state index in [-0.39, 0.29) is 23.6 Å². The van der Waals surface area contributed by atoms with Crippen molar-refractivity contribution in [1.29, 1.82) is 0 Å². The summed E-state index contributed by atoms with van der Waals surface area (Å²) in [6, 6.07) is 10.2. The third kappa shape index (κ3) is 4.85. The van der Waals surface area contributed by atoms with Crippen LogP contribution in [0.1, 0.15) is 46.8 Å². The Hall–Kier alpha value is -3.49. The van der Waals surface area contributed by atoms with Crippen LogP contribution >= 0.6 is 0 Å². The van der Waals surface area contributed by atoms with Gasteiger partial charge in [0.2, 0.25) is 0 Å². The molecule has 3 aromatic rings. The molecule has 0 saturated carbocycles. The fourth-order valence-corrected chi connectivity index (χ4v) is 4.96. The lowest BCUT2D eigenvalue weighted by molar-refractivity contribution is -0.0181. The fraction of sp³-hybridized carbons (Fsp3) is 0.333. The number of pyridine rings is 1. The fourth-order valence-electron chi connectivity index (χ4n) is 4.96. The number of hydrogen-bond acceptors (Lipinski definition) is 7. The van der Waals surface area contributed by atoms with Crippen LogP contribution in [0.25, 0.3) is 0 Å². The molecule has 5 rings (SSSR count). The second-order valence-corrected chi connectivity index (χ2v) is 9.85. The highest BCUT2D eigenvalue weighted by Gasteiger charge is 2.29. The summed E-state index contributed by atoms with van der Waals surface area (Å²) in [6.07, 6.45) is 3.48. The minimum atomic E-state index is -0.675. The molecular formula is C27H29FN4O3. The lowest BCUT2D eigenvalue weighted by Gasteiger charge is -2.36. The zero-order valence-corrected chi connectivity index (χ0v) is 19.9. The van der Waals surface area contributed by atoms with Gasteiger partial charge in [-0.25, -0.2) is 9.37 Å². The van der Waals surface area contributed by atoms with Crippen LogP contribution in [0.4, 0.5) is 27.3 Å². The van der Waals surface area contributed by atoms with Gasteiger partial charge in [-0.1, -0.05) is 12.1 Å². The Kier molecular flexibility index (Phi) is 5.94. The number of rotatable bonds is 4. The molecule has 182 valence electrons. The lowest BCUT2D eigenvalue weighted by atomic mass is 9.94. The topological polar surface area (TPSA) is 97.7 Å². The number of hydrogen-bond donors (Lipinski definition) is 4. The molecule has 2 aromatic carbocycles. The average molecular weight is 477 g/mol. The highest BCUT2D eigenvalue weighted by Crippen LogP contribution is 2.36. The zero-order valence-electron chi connectivity index (χ0n) is 19.9. The average Bonchev–Trinajstić information content (AvgIpc) is 2.92. The monoisotopic (exact) mass is 476 g/mol. The van der Waals surface area contributed by atoms with Crippen molar-refractivity contribution in [3.05, 3.63) is 70.7 Å². The predicted octanol–water partition coefficient (Wildman–Crippen LogP) is 4.81. The van der Waals surface area contributed by atoms with Crippen molar-refractivity contribution in [3.8, 4) is 5.75 Å². The van der Waals surface area contributed by atoms with Gasteiger partial charge in [0.15, 0.2) is 5.78 Å². The predicted molar refractivity (Wildman–Crippen MR) is 133 cm³/mol. The summed E-state index contributed by atoms with van der Waals surface area (Å²) in [5.74, 6) is -0.301. The highest BCUT2D eigenvalue weighted by molar-refractivity contribution is 6.09. The first-order chi connectivity index (χ1) is 16.7. The molecule has 2 aliphatic heterocycles. The molecule has 1 atom stereocenters. The SMILES string of the molecule is Cc1cc(F)c(Nc2ccnc3c2C(=O)Cc2cc(CN4CCCC(C)(O)C4)ccc2N3)cc1O. The van der Waals surface area contributed by atoms with Crippen LogP contribution in [-0.2, 0) is 13.0 Å². The van der Waals surface area contributed by atoms with Crippen LogP contribution in [0.5, 0.6) is 5.75 Å². The number of phenolic OH excluding ortho intramolecular Hbond substituents is 1. The molecule has 0 bridgehead atoms.